The van der Waals surface area contributed by atoms with Crippen molar-refractivity contribution in [2.75, 3.05) is 26.2 Å². The molecule has 2 aromatic carbocycles. The Labute approximate surface area is 161 Å². The van der Waals surface area contributed by atoms with Crippen LogP contribution in [0.3, 0.4) is 0 Å². The Kier molecular flexibility index (Phi) is 4.98. The van der Waals surface area contributed by atoms with Crippen molar-refractivity contribution in [2.24, 2.45) is 0 Å². The monoisotopic (exact) mass is 377 g/mol. The molecule has 3 aromatic rings. The number of rotatable bonds is 3. The zero-order chi connectivity index (χ0) is 18.6. The normalized spacial score (nSPS) is 14.8. The van der Waals surface area contributed by atoms with E-state index < -0.39 is 0 Å². The molecule has 136 valence electrons. The number of carbonyl (C=O) groups is 2. The van der Waals surface area contributed by atoms with Gasteiger partial charge in [-0.3, -0.25) is 9.59 Å². The molecule has 0 bridgehead atoms. The first-order chi connectivity index (χ1) is 13.2. The Morgan fingerprint density at radius 2 is 1.56 bits per heavy atom. The third-order valence-electron chi connectivity index (χ3n) is 4.57. The maximum Gasteiger partial charge on any atom is 0.282 e. The molecule has 1 fully saturated rings. The summed E-state index contributed by atoms with van der Waals surface area (Å²) in [6, 6.07) is 17.5. The first kappa shape index (κ1) is 17.4. The van der Waals surface area contributed by atoms with E-state index in [4.69, 9.17) is 0 Å². The van der Waals surface area contributed by atoms with Crippen LogP contribution in [0.25, 0.3) is 16.3 Å². The Hall–Kier alpha value is -2.99. The molecule has 1 aliphatic heterocycles. The molecule has 27 heavy (non-hydrogen) atoms. The van der Waals surface area contributed by atoms with Crippen LogP contribution in [-0.2, 0) is 4.79 Å². The van der Waals surface area contributed by atoms with Gasteiger partial charge in [0.25, 0.3) is 5.91 Å². The van der Waals surface area contributed by atoms with Crippen LogP contribution in [-0.4, -0.2) is 52.8 Å². The Morgan fingerprint density at radius 3 is 2.30 bits per heavy atom. The number of para-hydroxylation sites is 1. The number of carbonyl (C=O) groups excluding carboxylic acids is 2. The number of fused-ring (bicyclic) bond motifs is 1. The zero-order valence-electron chi connectivity index (χ0n) is 14.7. The summed E-state index contributed by atoms with van der Waals surface area (Å²) in [5, 5.41) is 0.514. The largest absolute Gasteiger partial charge is 0.336 e. The van der Waals surface area contributed by atoms with Gasteiger partial charge >= 0.3 is 0 Å². The predicted octanol–water partition coefficient (Wildman–Crippen LogP) is 3.29. The molecule has 0 spiro atoms. The lowest BCUT2D eigenvalue weighted by molar-refractivity contribution is -0.127. The van der Waals surface area contributed by atoms with Gasteiger partial charge in [-0.1, -0.05) is 42.5 Å². The molecule has 6 heteroatoms. The highest BCUT2D eigenvalue weighted by molar-refractivity contribution is 7.20. The maximum atomic E-state index is 12.7. The molecule has 0 unspecified atom stereocenters. The molecule has 0 N–H and O–H groups in total. The lowest BCUT2D eigenvalue weighted by Gasteiger charge is -2.33. The average molecular weight is 377 g/mol. The van der Waals surface area contributed by atoms with Crippen molar-refractivity contribution in [2.45, 2.75) is 0 Å². The number of thiazole rings is 1. The predicted molar refractivity (Wildman–Crippen MR) is 108 cm³/mol. The summed E-state index contributed by atoms with van der Waals surface area (Å²) in [5.41, 5.74) is 1.85. The summed E-state index contributed by atoms with van der Waals surface area (Å²) in [6.45, 7) is 2.13. The molecule has 4 rings (SSSR count). The van der Waals surface area contributed by atoms with Gasteiger partial charge in [0.15, 0.2) is 5.01 Å². The third-order valence-corrected chi connectivity index (χ3v) is 5.60. The van der Waals surface area contributed by atoms with Gasteiger partial charge in [0.1, 0.15) is 0 Å². The molecule has 0 saturated carbocycles. The lowest BCUT2D eigenvalue weighted by atomic mass is 10.2. The van der Waals surface area contributed by atoms with Gasteiger partial charge in [0.2, 0.25) is 5.91 Å². The number of hydrogen-bond acceptors (Lipinski definition) is 4. The molecular formula is C21H19N3O2S. The van der Waals surface area contributed by atoms with E-state index >= 15 is 0 Å². The molecule has 5 nitrogen and oxygen atoms in total. The minimum Gasteiger partial charge on any atom is -0.336 e. The molecule has 1 aromatic heterocycles. The van der Waals surface area contributed by atoms with E-state index in [2.05, 4.69) is 4.98 Å². The van der Waals surface area contributed by atoms with E-state index in [9.17, 15) is 9.59 Å². The quantitative estimate of drug-likeness (QED) is 0.658. The summed E-state index contributed by atoms with van der Waals surface area (Å²) < 4.78 is 1.01. The first-order valence-electron chi connectivity index (χ1n) is 8.87. The van der Waals surface area contributed by atoms with Crippen molar-refractivity contribution in [3.05, 3.63) is 71.2 Å². The number of piperazine rings is 1. The summed E-state index contributed by atoms with van der Waals surface area (Å²) in [7, 11) is 0. The fourth-order valence-electron chi connectivity index (χ4n) is 3.07. The van der Waals surface area contributed by atoms with Gasteiger partial charge in [-0.25, -0.2) is 4.98 Å². The van der Waals surface area contributed by atoms with Crippen LogP contribution in [0.4, 0.5) is 0 Å². The molecule has 1 aliphatic rings. The standard InChI is InChI=1S/C21H19N3O2S/c25-19(11-10-16-6-2-1-3-7-16)23-12-14-24(15-13-23)21(26)20-22-17-8-4-5-9-18(17)27-20/h1-11H,12-15H2/b11-10+. The maximum absolute atomic E-state index is 12.7. The second-order valence-corrected chi connectivity index (χ2v) is 7.38. The van der Waals surface area contributed by atoms with Gasteiger partial charge in [0, 0.05) is 32.3 Å². The second kappa shape index (κ2) is 7.72. The molecule has 1 saturated heterocycles. The molecular weight excluding hydrogens is 358 g/mol. The van der Waals surface area contributed by atoms with E-state index in [1.54, 1.807) is 15.9 Å². The van der Waals surface area contributed by atoms with Gasteiger partial charge in [-0.15, -0.1) is 11.3 Å². The topological polar surface area (TPSA) is 53.5 Å². The fourth-order valence-corrected chi connectivity index (χ4v) is 4.00. The Bertz CT molecular complexity index is 956. The van der Waals surface area contributed by atoms with Crippen LogP contribution in [0.2, 0.25) is 0 Å². The summed E-state index contributed by atoms with van der Waals surface area (Å²) in [6.07, 6.45) is 3.42. The summed E-state index contributed by atoms with van der Waals surface area (Å²) >= 11 is 1.42. The second-order valence-electron chi connectivity index (χ2n) is 6.35. The van der Waals surface area contributed by atoms with Crippen LogP contribution in [0.1, 0.15) is 15.4 Å². The van der Waals surface area contributed by atoms with Crippen molar-refractivity contribution in [3.63, 3.8) is 0 Å². The molecule has 2 heterocycles. The molecule has 2 amide bonds. The van der Waals surface area contributed by atoms with Gasteiger partial charge in [0.05, 0.1) is 10.2 Å². The SMILES string of the molecule is O=C(/C=C/c1ccccc1)N1CCN(C(=O)c2nc3ccccc3s2)CC1. The van der Waals surface area contributed by atoms with E-state index in [1.807, 2.05) is 60.7 Å². The minimum atomic E-state index is -0.0527. The van der Waals surface area contributed by atoms with Crippen molar-refractivity contribution in [1.29, 1.82) is 0 Å². The number of amides is 2. The van der Waals surface area contributed by atoms with Crippen molar-refractivity contribution < 1.29 is 9.59 Å². The van der Waals surface area contributed by atoms with Crippen molar-refractivity contribution in [3.8, 4) is 0 Å². The number of aromatic nitrogens is 1. The smallest absolute Gasteiger partial charge is 0.282 e. The summed E-state index contributed by atoms with van der Waals surface area (Å²) in [5.74, 6) is -0.0749. The van der Waals surface area contributed by atoms with Crippen LogP contribution >= 0.6 is 11.3 Å². The van der Waals surface area contributed by atoms with Crippen molar-refractivity contribution >= 4 is 39.4 Å². The first-order valence-corrected chi connectivity index (χ1v) is 9.69. The minimum absolute atomic E-state index is 0.0223. The Morgan fingerprint density at radius 1 is 0.889 bits per heavy atom. The summed E-state index contributed by atoms with van der Waals surface area (Å²) in [4.78, 5) is 33.1. The molecule has 0 radical (unpaired) electrons. The van der Waals surface area contributed by atoms with Crippen LogP contribution in [0.15, 0.2) is 60.7 Å². The highest BCUT2D eigenvalue weighted by Gasteiger charge is 2.25. The zero-order valence-corrected chi connectivity index (χ0v) is 15.6. The van der Waals surface area contributed by atoms with Gasteiger partial charge < -0.3 is 9.80 Å². The molecule has 0 atom stereocenters. The van der Waals surface area contributed by atoms with Crippen LogP contribution in [0.5, 0.6) is 0 Å². The average Bonchev–Trinajstić information content (AvgIpc) is 3.16. The highest BCUT2D eigenvalue weighted by Crippen LogP contribution is 2.23. The fraction of sp³-hybridized carbons (Fsp3) is 0.190. The van der Waals surface area contributed by atoms with Crippen LogP contribution in [0, 0.1) is 0 Å². The van der Waals surface area contributed by atoms with Crippen molar-refractivity contribution in [1.82, 2.24) is 14.8 Å². The van der Waals surface area contributed by atoms with Gasteiger partial charge in [-0.05, 0) is 23.8 Å². The number of benzene rings is 2. The van der Waals surface area contributed by atoms with E-state index in [1.165, 1.54) is 11.3 Å². The number of nitrogens with zero attached hydrogens (tertiary/aromatic N) is 3. The third kappa shape index (κ3) is 3.90. The Balaban J connectivity index is 1.36. The van der Waals surface area contributed by atoms with Gasteiger partial charge in [-0.2, -0.15) is 0 Å². The number of hydrogen-bond donors (Lipinski definition) is 0. The van der Waals surface area contributed by atoms with E-state index in [0.717, 1.165) is 15.8 Å². The highest BCUT2D eigenvalue weighted by atomic mass is 32.1. The van der Waals surface area contributed by atoms with E-state index in [0.29, 0.717) is 31.2 Å². The van der Waals surface area contributed by atoms with Crippen LogP contribution < -0.4 is 0 Å². The lowest BCUT2D eigenvalue weighted by Crippen LogP contribution is -2.50. The molecule has 0 aliphatic carbocycles. The van der Waals surface area contributed by atoms with E-state index in [-0.39, 0.29) is 11.8 Å².